The predicted molar refractivity (Wildman–Crippen MR) is 73.2 cm³/mol. The van der Waals surface area contributed by atoms with Gasteiger partial charge in [-0.15, -0.1) is 5.10 Å². The number of aromatic nitrogens is 4. The van der Waals surface area contributed by atoms with Crippen LogP contribution in [0.1, 0.15) is 6.92 Å². The van der Waals surface area contributed by atoms with Crippen molar-refractivity contribution in [3.8, 4) is 23.1 Å². The molecule has 1 aliphatic rings. The Morgan fingerprint density at radius 1 is 1.50 bits per heavy atom. The maximum atomic E-state index is 11.5. The van der Waals surface area contributed by atoms with Crippen molar-refractivity contribution in [2.45, 2.75) is 13.0 Å². The van der Waals surface area contributed by atoms with Crippen LogP contribution in [0.5, 0.6) is 11.8 Å². The first-order valence-corrected chi connectivity index (χ1v) is 6.31. The van der Waals surface area contributed by atoms with Gasteiger partial charge in [-0.2, -0.15) is 0 Å². The molecular formula is C12H12N6O4. The molecule has 2 amide bonds. The van der Waals surface area contributed by atoms with E-state index >= 15 is 0 Å². The molecule has 3 rings (SSSR count). The van der Waals surface area contributed by atoms with Gasteiger partial charge < -0.3 is 20.5 Å². The molecule has 22 heavy (non-hydrogen) atoms. The molecule has 2 aromatic rings. The van der Waals surface area contributed by atoms with Crippen molar-refractivity contribution in [2.75, 3.05) is 5.32 Å². The summed E-state index contributed by atoms with van der Waals surface area (Å²) in [5.41, 5.74) is 6.07. The zero-order valence-electron chi connectivity index (χ0n) is 11.7. The Labute approximate surface area is 124 Å². The summed E-state index contributed by atoms with van der Waals surface area (Å²) >= 11 is 0. The largest absolute Gasteiger partial charge is 0.463 e. The van der Waals surface area contributed by atoms with Crippen LogP contribution in [0, 0.1) is 0 Å². The number of anilines is 1. The van der Waals surface area contributed by atoms with Gasteiger partial charge >= 0.3 is 6.09 Å². The van der Waals surface area contributed by atoms with E-state index in [4.69, 9.17) is 15.2 Å². The van der Waals surface area contributed by atoms with Crippen LogP contribution in [0.15, 0.2) is 12.1 Å². The average Bonchev–Trinajstić information content (AvgIpc) is 2.80. The summed E-state index contributed by atoms with van der Waals surface area (Å²) in [7, 11) is 1.55. The van der Waals surface area contributed by atoms with Gasteiger partial charge in [0.1, 0.15) is 11.4 Å². The van der Waals surface area contributed by atoms with Crippen molar-refractivity contribution < 1.29 is 19.1 Å². The number of nitrogens with one attached hydrogen (secondary N) is 1. The minimum Gasteiger partial charge on any atom is -0.463 e. The summed E-state index contributed by atoms with van der Waals surface area (Å²) < 4.78 is 11.6. The highest BCUT2D eigenvalue weighted by molar-refractivity contribution is 5.97. The van der Waals surface area contributed by atoms with Gasteiger partial charge in [-0.25, -0.2) is 14.5 Å². The second kappa shape index (κ2) is 4.98. The number of pyridine rings is 1. The highest BCUT2D eigenvalue weighted by Crippen LogP contribution is 2.32. The number of hydrogen-bond acceptors (Lipinski definition) is 7. The molecule has 10 heteroatoms. The van der Waals surface area contributed by atoms with Gasteiger partial charge in [0.05, 0.1) is 0 Å². The quantitative estimate of drug-likeness (QED) is 0.800. The number of amides is 2. The zero-order chi connectivity index (χ0) is 15.9. The zero-order valence-corrected chi connectivity index (χ0v) is 11.7. The lowest BCUT2D eigenvalue weighted by Gasteiger charge is -2.22. The highest BCUT2D eigenvalue weighted by Gasteiger charge is 2.26. The number of primary amides is 1. The first kappa shape index (κ1) is 13.8. The molecule has 10 nitrogen and oxygen atoms in total. The summed E-state index contributed by atoms with van der Waals surface area (Å²) in [5.74, 6) is 0.0624. The number of ether oxygens (including phenoxy) is 2. The van der Waals surface area contributed by atoms with Crippen molar-refractivity contribution in [1.29, 1.82) is 0 Å². The molecule has 114 valence electrons. The van der Waals surface area contributed by atoms with Crippen molar-refractivity contribution in [2.24, 2.45) is 12.8 Å². The van der Waals surface area contributed by atoms with Crippen molar-refractivity contribution in [1.82, 2.24) is 20.0 Å². The topological polar surface area (TPSA) is 134 Å². The first-order chi connectivity index (χ1) is 10.5. The molecule has 3 N–H and O–H groups in total. The lowest BCUT2D eigenvalue weighted by Crippen LogP contribution is -2.34. The van der Waals surface area contributed by atoms with E-state index in [0.29, 0.717) is 11.4 Å². The third kappa shape index (κ3) is 2.30. The fourth-order valence-electron chi connectivity index (χ4n) is 1.93. The standard InChI is InChI=1S/C12H12N6O4/c1-5-9(19)14-7-4-3-6(15-10(7)21-5)8-11(22-12(13)20)18(2)17-16-8/h3-5H,1-2H3,(H2,13,20)(H,14,19). The minimum atomic E-state index is -0.984. The van der Waals surface area contributed by atoms with Crippen LogP contribution < -0.4 is 20.5 Å². The Bertz CT molecular complexity index is 771. The van der Waals surface area contributed by atoms with Gasteiger partial charge in [0.15, 0.2) is 11.8 Å². The third-order valence-corrected chi connectivity index (χ3v) is 2.99. The number of nitrogens with zero attached hydrogens (tertiary/aromatic N) is 4. The maximum absolute atomic E-state index is 11.5. The van der Waals surface area contributed by atoms with Gasteiger partial charge in [-0.3, -0.25) is 4.79 Å². The summed E-state index contributed by atoms with van der Waals surface area (Å²) in [6.07, 6.45) is -1.64. The van der Waals surface area contributed by atoms with E-state index in [-0.39, 0.29) is 23.4 Å². The van der Waals surface area contributed by atoms with Crippen LogP contribution in [0.25, 0.3) is 11.4 Å². The predicted octanol–water partition coefficient (Wildman–Crippen LogP) is 0.0540. The van der Waals surface area contributed by atoms with Gasteiger partial charge in [0.25, 0.3) is 11.8 Å². The van der Waals surface area contributed by atoms with Crippen molar-refractivity contribution in [3.05, 3.63) is 12.1 Å². The molecule has 1 atom stereocenters. The van der Waals surface area contributed by atoms with Crippen LogP contribution in [0.4, 0.5) is 10.5 Å². The van der Waals surface area contributed by atoms with E-state index < -0.39 is 12.2 Å². The van der Waals surface area contributed by atoms with E-state index in [1.807, 2.05) is 0 Å². The molecular weight excluding hydrogens is 292 g/mol. The number of carbonyl (C=O) groups excluding carboxylic acids is 2. The smallest absolute Gasteiger partial charge is 0.411 e. The van der Waals surface area contributed by atoms with Gasteiger partial charge in [0, 0.05) is 7.05 Å². The molecule has 0 radical (unpaired) electrons. The number of nitrogens with two attached hydrogens (primary N) is 1. The van der Waals surface area contributed by atoms with E-state index in [1.165, 1.54) is 4.68 Å². The Morgan fingerprint density at radius 3 is 3.00 bits per heavy atom. The molecule has 0 aromatic carbocycles. The number of rotatable bonds is 2. The van der Waals surface area contributed by atoms with Gasteiger partial charge in [-0.05, 0) is 19.1 Å². The molecule has 0 fully saturated rings. The fourth-order valence-corrected chi connectivity index (χ4v) is 1.93. The van der Waals surface area contributed by atoms with Crippen LogP contribution >= 0.6 is 0 Å². The SMILES string of the molecule is CC1Oc2nc(-c3nnn(C)c3OC(N)=O)ccc2NC1=O. The number of hydrogen-bond donors (Lipinski definition) is 2. The van der Waals surface area contributed by atoms with Gasteiger partial charge in [-0.1, -0.05) is 5.21 Å². The molecule has 2 aromatic heterocycles. The number of aryl methyl sites for hydroxylation is 1. The normalized spacial score (nSPS) is 16.5. The van der Waals surface area contributed by atoms with E-state index in [0.717, 1.165) is 0 Å². The Hall–Kier alpha value is -3.17. The summed E-state index contributed by atoms with van der Waals surface area (Å²) in [6.45, 7) is 1.61. The Kier molecular flexibility index (Phi) is 3.13. The Morgan fingerprint density at radius 2 is 2.27 bits per heavy atom. The van der Waals surface area contributed by atoms with E-state index in [1.54, 1.807) is 26.1 Å². The van der Waals surface area contributed by atoms with Gasteiger partial charge in [0.2, 0.25) is 5.88 Å². The minimum absolute atomic E-state index is 0.0628. The molecule has 0 bridgehead atoms. The number of fused-ring (bicyclic) bond motifs is 1. The fraction of sp³-hybridized carbons (Fsp3) is 0.250. The van der Waals surface area contributed by atoms with Crippen LogP contribution in [0.2, 0.25) is 0 Å². The second-order valence-corrected chi connectivity index (χ2v) is 4.59. The molecule has 3 heterocycles. The van der Waals surface area contributed by atoms with Crippen molar-refractivity contribution >= 4 is 17.7 Å². The molecule has 1 unspecified atom stereocenters. The maximum Gasteiger partial charge on any atom is 0.411 e. The van der Waals surface area contributed by atoms with Crippen LogP contribution in [-0.4, -0.2) is 38.1 Å². The lowest BCUT2D eigenvalue weighted by molar-refractivity contribution is -0.122. The first-order valence-electron chi connectivity index (χ1n) is 6.31. The lowest BCUT2D eigenvalue weighted by atomic mass is 10.2. The average molecular weight is 304 g/mol. The molecule has 0 aliphatic carbocycles. The van der Waals surface area contributed by atoms with Crippen molar-refractivity contribution in [3.63, 3.8) is 0 Å². The summed E-state index contributed by atoms with van der Waals surface area (Å²) in [4.78, 5) is 26.7. The Balaban J connectivity index is 2.02. The highest BCUT2D eigenvalue weighted by atomic mass is 16.6. The molecule has 1 aliphatic heterocycles. The van der Waals surface area contributed by atoms with Crippen LogP contribution in [-0.2, 0) is 11.8 Å². The summed E-state index contributed by atoms with van der Waals surface area (Å²) in [5, 5.41) is 10.3. The summed E-state index contributed by atoms with van der Waals surface area (Å²) in [6, 6.07) is 3.21. The van der Waals surface area contributed by atoms with E-state index in [9.17, 15) is 9.59 Å². The second-order valence-electron chi connectivity index (χ2n) is 4.59. The number of carbonyl (C=O) groups is 2. The van der Waals surface area contributed by atoms with Crippen LogP contribution in [0.3, 0.4) is 0 Å². The third-order valence-electron chi connectivity index (χ3n) is 2.99. The molecule has 0 saturated heterocycles. The van der Waals surface area contributed by atoms with E-state index in [2.05, 4.69) is 20.6 Å². The monoisotopic (exact) mass is 304 g/mol. The molecule has 0 saturated carbocycles. The molecule has 0 spiro atoms.